The maximum atomic E-state index is 5.91. The number of hydrogen-bond acceptors (Lipinski definition) is 4. The van der Waals surface area contributed by atoms with Crippen molar-refractivity contribution in [2.45, 2.75) is 25.9 Å². The summed E-state index contributed by atoms with van der Waals surface area (Å²) in [5.74, 6) is 3.31. The van der Waals surface area contributed by atoms with E-state index in [0.29, 0.717) is 6.04 Å². The molecule has 3 aromatic rings. The van der Waals surface area contributed by atoms with E-state index in [4.69, 9.17) is 14.2 Å². The fraction of sp³-hybridized carbons (Fsp3) is 0.280. The molecule has 0 aromatic heterocycles. The number of fused-ring (bicyclic) bond motifs is 1. The van der Waals surface area contributed by atoms with Crippen LogP contribution in [-0.2, 0) is 13.0 Å². The Hall–Kier alpha value is -2.98. The van der Waals surface area contributed by atoms with E-state index in [1.165, 1.54) is 16.7 Å². The average Bonchev–Trinajstić information content (AvgIpc) is 2.78. The molecule has 1 unspecified atom stereocenters. The third kappa shape index (κ3) is 4.22. The zero-order valence-corrected chi connectivity index (χ0v) is 17.2. The molecule has 150 valence electrons. The molecular weight excluding hydrogens is 362 g/mol. The van der Waals surface area contributed by atoms with Gasteiger partial charge in [0.1, 0.15) is 11.5 Å². The van der Waals surface area contributed by atoms with E-state index in [0.717, 1.165) is 42.5 Å². The Morgan fingerprint density at radius 2 is 1.41 bits per heavy atom. The van der Waals surface area contributed by atoms with Crippen molar-refractivity contribution >= 4 is 0 Å². The van der Waals surface area contributed by atoms with Gasteiger partial charge in [0.15, 0.2) is 11.5 Å². The lowest BCUT2D eigenvalue weighted by Crippen LogP contribution is -2.32. The SMILES string of the molecule is COc1cc2c(cc1OC)CN(C(C)c1ccc(Oc3ccccc3)cc1)CC2. The van der Waals surface area contributed by atoms with E-state index in [-0.39, 0.29) is 0 Å². The fourth-order valence-electron chi connectivity index (χ4n) is 3.89. The summed E-state index contributed by atoms with van der Waals surface area (Å²) < 4.78 is 16.8. The molecule has 0 bridgehead atoms. The maximum absolute atomic E-state index is 5.91. The highest BCUT2D eigenvalue weighted by Crippen LogP contribution is 2.35. The number of methoxy groups -OCH3 is 2. The first kappa shape index (κ1) is 19.3. The third-order valence-electron chi connectivity index (χ3n) is 5.64. The van der Waals surface area contributed by atoms with Gasteiger partial charge in [0.2, 0.25) is 0 Å². The van der Waals surface area contributed by atoms with Crippen molar-refractivity contribution in [3.63, 3.8) is 0 Å². The standard InChI is InChI=1S/C25H27NO3/c1-18(19-9-11-23(12-10-19)29-22-7-5-4-6-8-22)26-14-13-20-15-24(27-2)25(28-3)16-21(20)17-26/h4-12,15-16,18H,13-14,17H2,1-3H3. The first-order valence-electron chi connectivity index (χ1n) is 9.98. The molecule has 4 rings (SSSR count). The molecule has 4 nitrogen and oxygen atoms in total. The quantitative estimate of drug-likeness (QED) is 0.548. The first-order chi connectivity index (χ1) is 14.2. The van der Waals surface area contributed by atoms with Crippen molar-refractivity contribution in [2.75, 3.05) is 20.8 Å². The molecule has 0 amide bonds. The summed E-state index contributed by atoms with van der Waals surface area (Å²) in [6.45, 7) is 4.18. The van der Waals surface area contributed by atoms with Crippen LogP contribution in [0.4, 0.5) is 0 Å². The molecular formula is C25H27NO3. The number of hydrogen-bond donors (Lipinski definition) is 0. The minimum atomic E-state index is 0.321. The molecule has 0 N–H and O–H groups in total. The Balaban J connectivity index is 1.47. The van der Waals surface area contributed by atoms with Crippen molar-refractivity contribution < 1.29 is 14.2 Å². The molecule has 0 spiro atoms. The molecule has 29 heavy (non-hydrogen) atoms. The Kier molecular flexibility index (Phi) is 5.72. The topological polar surface area (TPSA) is 30.9 Å². The predicted molar refractivity (Wildman–Crippen MR) is 115 cm³/mol. The van der Waals surface area contributed by atoms with E-state index in [9.17, 15) is 0 Å². The molecule has 1 heterocycles. The lowest BCUT2D eigenvalue weighted by molar-refractivity contribution is 0.191. The van der Waals surface area contributed by atoms with E-state index >= 15 is 0 Å². The Morgan fingerprint density at radius 3 is 2.07 bits per heavy atom. The van der Waals surface area contributed by atoms with Gasteiger partial charge in [0.25, 0.3) is 0 Å². The zero-order chi connectivity index (χ0) is 20.2. The lowest BCUT2D eigenvalue weighted by atomic mass is 9.96. The minimum Gasteiger partial charge on any atom is -0.493 e. The van der Waals surface area contributed by atoms with Gasteiger partial charge in [-0.3, -0.25) is 4.90 Å². The van der Waals surface area contributed by atoms with Crippen LogP contribution in [0.5, 0.6) is 23.0 Å². The fourth-order valence-corrected chi connectivity index (χ4v) is 3.89. The van der Waals surface area contributed by atoms with Gasteiger partial charge in [-0.15, -0.1) is 0 Å². The number of benzene rings is 3. The second kappa shape index (κ2) is 8.58. The van der Waals surface area contributed by atoms with Crippen molar-refractivity contribution in [1.29, 1.82) is 0 Å². The highest BCUT2D eigenvalue weighted by molar-refractivity contribution is 5.48. The van der Waals surface area contributed by atoms with Gasteiger partial charge in [-0.05, 0) is 66.4 Å². The van der Waals surface area contributed by atoms with Crippen molar-refractivity contribution in [2.24, 2.45) is 0 Å². The number of rotatable bonds is 6. The monoisotopic (exact) mass is 389 g/mol. The van der Waals surface area contributed by atoms with Gasteiger partial charge in [-0.2, -0.15) is 0 Å². The predicted octanol–water partition coefficient (Wildman–Crippen LogP) is 5.62. The Morgan fingerprint density at radius 1 is 0.793 bits per heavy atom. The van der Waals surface area contributed by atoms with Gasteiger partial charge in [0.05, 0.1) is 14.2 Å². The molecule has 4 heteroatoms. The van der Waals surface area contributed by atoms with Crippen molar-refractivity contribution in [3.05, 3.63) is 83.4 Å². The van der Waals surface area contributed by atoms with Gasteiger partial charge in [0, 0.05) is 19.1 Å². The molecule has 0 aliphatic carbocycles. The van der Waals surface area contributed by atoms with E-state index in [1.54, 1.807) is 14.2 Å². The average molecular weight is 389 g/mol. The van der Waals surface area contributed by atoms with E-state index in [1.807, 2.05) is 42.5 Å². The van der Waals surface area contributed by atoms with Crippen LogP contribution < -0.4 is 14.2 Å². The molecule has 0 saturated carbocycles. The van der Waals surface area contributed by atoms with E-state index in [2.05, 4.69) is 36.1 Å². The van der Waals surface area contributed by atoms with Crippen LogP contribution in [0.2, 0.25) is 0 Å². The van der Waals surface area contributed by atoms with Crippen LogP contribution in [0.1, 0.15) is 29.7 Å². The molecule has 1 aliphatic heterocycles. The van der Waals surface area contributed by atoms with Crippen LogP contribution >= 0.6 is 0 Å². The van der Waals surface area contributed by atoms with E-state index < -0.39 is 0 Å². The number of para-hydroxylation sites is 1. The summed E-state index contributed by atoms with van der Waals surface area (Å²) in [6, 6.07) is 22.8. The van der Waals surface area contributed by atoms with Crippen molar-refractivity contribution in [3.8, 4) is 23.0 Å². The molecule has 1 atom stereocenters. The Labute approximate surface area is 172 Å². The second-order valence-electron chi connectivity index (χ2n) is 7.36. The Bertz CT molecular complexity index is 954. The molecule has 0 saturated heterocycles. The summed E-state index contributed by atoms with van der Waals surface area (Å²) in [5, 5.41) is 0. The van der Waals surface area contributed by atoms with Crippen LogP contribution in [-0.4, -0.2) is 25.7 Å². The van der Waals surface area contributed by atoms with Gasteiger partial charge >= 0.3 is 0 Å². The number of nitrogens with zero attached hydrogens (tertiary/aromatic N) is 1. The van der Waals surface area contributed by atoms with Crippen molar-refractivity contribution in [1.82, 2.24) is 4.90 Å². The van der Waals surface area contributed by atoms with Crippen LogP contribution in [0.3, 0.4) is 0 Å². The summed E-state index contributed by atoms with van der Waals surface area (Å²) in [7, 11) is 3.37. The minimum absolute atomic E-state index is 0.321. The molecule has 0 radical (unpaired) electrons. The molecule has 0 fully saturated rings. The highest BCUT2D eigenvalue weighted by atomic mass is 16.5. The van der Waals surface area contributed by atoms with Crippen LogP contribution in [0.15, 0.2) is 66.7 Å². The summed E-state index contributed by atoms with van der Waals surface area (Å²) >= 11 is 0. The second-order valence-corrected chi connectivity index (χ2v) is 7.36. The van der Waals surface area contributed by atoms with Gasteiger partial charge < -0.3 is 14.2 Å². The summed E-state index contributed by atoms with van der Waals surface area (Å²) in [5.41, 5.74) is 3.94. The highest BCUT2D eigenvalue weighted by Gasteiger charge is 2.23. The smallest absolute Gasteiger partial charge is 0.161 e. The van der Waals surface area contributed by atoms with Gasteiger partial charge in [-0.25, -0.2) is 0 Å². The summed E-state index contributed by atoms with van der Waals surface area (Å²) in [6.07, 6.45) is 1.01. The van der Waals surface area contributed by atoms with Crippen LogP contribution in [0.25, 0.3) is 0 Å². The maximum Gasteiger partial charge on any atom is 0.161 e. The zero-order valence-electron chi connectivity index (χ0n) is 17.2. The first-order valence-corrected chi connectivity index (χ1v) is 9.98. The lowest BCUT2D eigenvalue weighted by Gasteiger charge is -2.34. The molecule has 3 aromatic carbocycles. The summed E-state index contributed by atoms with van der Waals surface area (Å²) in [4.78, 5) is 2.50. The normalized spacial score (nSPS) is 14.7. The largest absolute Gasteiger partial charge is 0.493 e. The molecule has 1 aliphatic rings. The third-order valence-corrected chi connectivity index (χ3v) is 5.64. The number of ether oxygens (including phenoxy) is 3. The van der Waals surface area contributed by atoms with Crippen LogP contribution in [0, 0.1) is 0 Å². The van der Waals surface area contributed by atoms with Gasteiger partial charge in [-0.1, -0.05) is 30.3 Å².